The minimum Gasteiger partial charge on any atom is -0.508 e. The number of fused-ring (bicyclic) bond motifs is 2. The van der Waals surface area contributed by atoms with E-state index >= 15 is 0 Å². The van der Waals surface area contributed by atoms with Crippen molar-refractivity contribution >= 4 is 17.6 Å². The largest absolute Gasteiger partial charge is 0.508 e. The van der Waals surface area contributed by atoms with Crippen LogP contribution in [0.3, 0.4) is 0 Å². The molecule has 1 fully saturated rings. The first kappa shape index (κ1) is 11.3. The molecule has 0 aromatic heterocycles. The molecule has 3 heteroatoms. The normalized spacial score (nSPS) is 24.0. The molecule has 0 saturated carbocycles. The zero-order chi connectivity index (χ0) is 12.7. The van der Waals surface area contributed by atoms with Crippen LogP contribution in [-0.2, 0) is 0 Å². The molecular formula is C15H18N2O. The number of nitrogens with zero attached hydrogens (tertiary/aromatic N) is 2. The maximum absolute atomic E-state index is 9.82. The summed E-state index contributed by atoms with van der Waals surface area (Å²) < 4.78 is 0. The van der Waals surface area contributed by atoms with Crippen LogP contribution >= 0.6 is 0 Å². The van der Waals surface area contributed by atoms with Crippen molar-refractivity contribution in [2.24, 2.45) is 4.99 Å². The summed E-state index contributed by atoms with van der Waals surface area (Å²) in [4.78, 5) is 6.98. The van der Waals surface area contributed by atoms with Crippen LogP contribution in [0.1, 0.15) is 30.9 Å². The van der Waals surface area contributed by atoms with Gasteiger partial charge in [0.05, 0.1) is 11.7 Å². The Morgan fingerprint density at radius 3 is 3.06 bits per heavy atom. The summed E-state index contributed by atoms with van der Waals surface area (Å²) in [6.07, 6.45) is 6.57. The highest BCUT2D eigenvalue weighted by Crippen LogP contribution is 2.39. The topological polar surface area (TPSA) is 35.8 Å². The first-order valence-electron chi connectivity index (χ1n) is 6.52. The Morgan fingerprint density at radius 1 is 1.44 bits per heavy atom. The van der Waals surface area contributed by atoms with Crippen LogP contribution in [0.5, 0.6) is 5.75 Å². The summed E-state index contributed by atoms with van der Waals surface area (Å²) >= 11 is 0. The Labute approximate surface area is 107 Å². The van der Waals surface area contributed by atoms with Gasteiger partial charge in [-0.05, 0) is 38.3 Å². The van der Waals surface area contributed by atoms with Gasteiger partial charge in [-0.2, -0.15) is 0 Å². The number of aliphatic imine (C=N–C) groups is 1. The lowest BCUT2D eigenvalue weighted by Crippen LogP contribution is -2.27. The maximum Gasteiger partial charge on any atom is 0.120 e. The minimum atomic E-state index is 0.323. The molecule has 0 spiro atoms. The molecule has 3 rings (SSSR count). The van der Waals surface area contributed by atoms with E-state index < -0.39 is 0 Å². The van der Waals surface area contributed by atoms with Crippen LogP contribution < -0.4 is 0 Å². The van der Waals surface area contributed by atoms with Gasteiger partial charge in [0.25, 0.3) is 0 Å². The lowest BCUT2D eigenvalue weighted by Gasteiger charge is -2.25. The molecule has 1 saturated heterocycles. The van der Waals surface area contributed by atoms with Crippen LogP contribution in [0.15, 0.2) is 23.2 Å². The number of hydrogen-bond donors (Lipinski definition) is 1. The van der Waals surface area contributed by atoms with Crippen molar-refractivity contribution in [1.82, 2.24) is 4.90 Å². The lowest BCUT2D eigenvalue weighted by molar-refractivity contribution is 0.448. The molecule has 0 amide bonds. The quantitative estimate of drug-likeness (QED) is 0.758. The Bertz CT molecular complexity index is 546. The first-order valence-corrected chi connectivity index (χ1v) is 6.52. The second-order valence-corrected chi connectivity index (χ2v) is 5.01. The second kappa shape index (κ2) is 4.16. The van der Waals surface area contributed by atoms with E-state index in [9.17, 15) is 5.11 Å². The summed E-state index contributed by atoms with van der Waals surface area (Å²) in [5.74, 6) is 0.323. The standard InChI is InChI=1S/C15H18N2O/c1-3-14-12-7-10(2)15(18)8-13(12)16-9-11-5-4-6-17(11)14/h3,7-9,11,18H,4-6H2,1-2H3/t11-/m0/s1. The number of benzene rings is 1. The van der Waals surface area contributed by atoms with E-state index in [2.05, 4.69) is 22.9 Å². The fraction of sp³-hybridized carbons (Fsp3) is 0.400. The van der Waals surface area contributed by atoms with Gasteiger partial charge >= 0.3 is 0 Å². The van der Waals surface area contributed by atoms with E-state index in [1.807, 2.05) is 19.2 Å². The van der Waals surface area contributed by atoms with Gasteiger partial charge < -0.3 is 10.0 Å². The van der Waals surface area contributed by atoms with Crippen molar-refractivity contribution in [3.05, 3.63) is 29.3 Å². The Balaban J connectivity index is 2.19. The molecule has 0 unspecified atom stereocenters. The average Bonchev–Trinajstić information content (AvgIpc) is 2.76. The molecule has 1 aromatic carbocycles. The van der Waals surface area contributed by atoms with E-state index in [-0.39, 0.29) is 0 Å². The van der Waals surface area contributed by atoms with E-state index in [1.54, 1.807) is 6.07 Å². The van der Waals surface area contributed by atoms with Crippen LogP contribution in [0, 0.1) is 6.92 Å². The van der Waals surface area contributed by atoms with Gasteiger partial charge in [-0.15, -0.1) is 0 Å². The number of phenolic OH excluding ortho intramolecular Hbond substituents is 1. The molecule has 1 N–H and O–H groups in total. The molecule has 3 nitrogen and oxygen atoms in total. The van der Waals surface area contributed by atoms with Crippen LogP contribution in [0.25, 0.3) is 5.70 Å². The SMILES string of the molecule is CC=C1c2cc(C)c(O)cc2N=C[C@@H]2CCCN12. The van der Waals surface area contributed by atoms with E-state index in [4.69, 9.17) is 0 Å². The predicted molar refractivity (Wildman–Crippen MR) is 74.4 cm³/mol. The fourth-order valence-corrected chi connectivity index (χ4v) is 2.89. The summed E-state index contributed by atoms with van der Waals surface area (Å²) in [5.41, 5.74) is 4.16. The molecule has 18 heavy (non-hydrogen) atoms. The number of rotatable bonds is 0. The zero-order valence-electron chi connectivity index (χ0n) is 10.8. The van der Waals surface area contributed by atoms with E-state index in [1.165, 1.54) is 18.5 Å². The van der Waals surface area contributed by atoms with Crippen LogP contribution in [0.4, 0.5) is 5.69 Å². The van der Waals surface area contributed by atoms with E-state index in [0.29, 0.717) is 11.8 Å². The minimum absolute atomic E-state index is 0.323. The van der Waals surface area contributed by atoms with Crippen molar-refractivity contribution in [1.29, 1.82) is 0 Å². The molecule has 1 atom stereocenters. The second-order valence-electron chi connectivity index (χ2n) is 5.01. The van der Waals surface area contributed by atoms with Crippen molar-refractivity contribution in [3.63, 3.8) is 0 Å². The third-order valence-corrected chi connectivity index (χ3v) is 3.86. The summed E-state index contributed by atoms with van der Waals surface area (Å²) in [5, 5.41) is 9.82. The van der Waals surface area contributed by atoms with Crippen molar-refractivity contribution < 1.29 is 5.11 Å². The highest BCUT2D eigenvalue weighted by Gasteiger charge is 2.28. The van der Waals surface area contributed by atoms with Gasteiger partial charge in [0.15, 0.2) is 0 Å². The van der Waals surface area contributed by atoms with Gasteiger partial charge in [-0.1, -0.05) is 6.08 Å². The summed E-state index contributed by atoms with van der Waals surface area (Å²) in [6.45, 7) is 5.09. The van der Waals surface area contributed by atoms with Crippen molar-refractivity contribution in [2.45, 2.75) is 32.7 Å². The van der Waals surface area contributed by atoms with E-state index in [0.717, 1.165) is 23.4 Å². The first-order chi connectivity index (χ1) is 8.70. The van der Waals surface area contributed by atoms with Crippen LogP contribution in [-0.4, -0.2) is 28.8 Å². The zero-order valence-corrected chi connectivity index (χ0v) is 10.8. The number of allylic oxidation sites excluding steroid dienone is 1. The van der Waals surface area contributed by atoms with Crippen molar-refractivity contribution in [2.75, 3.05) is 6.54 Å². The third kappa shape index (κ3) is 1.62. The molecule has 0 radical (unpaired) electrons. The molecule has 0 bridgehead atoms. The van der Waals surface area contributed by atoms with Crippen molar-refractivity contribution in [3.8, 4) is 5.75 Å². The number of phenols is 1. The maximum atomic E-state index is 9.82. The van der Waals surface area contributed by atoms with Gasteiger partial charge in [0.2, 0.25) is 0 Å². The Kier molecular flexibility index (Phi) is 2.62. The average molecular weight is 242 g/mol. The summed E-state index contributed by atoms with van der Waals surface area (Å²) in [7, 11) is 0. The number of aromatic hydroxyl groups is 1. The molecular weight excluding hydrogens is 224 g/mol. The lowest BCUT2D eigenvalue weighted by atomic mass is 10.0. The molecule has 0 aliphatic carbocycles. The molecule has 1 aromatic rings. The fourth-order valence-electron chi connectivity index (χ4n) is 2.89. The van der Waals surface area contributed by atoms with Crippen LogP contribution in [0.2, 0.25) is 0 Å². The highest BCUT2D eigenvalue weighted by molar-refractivity contribution is 5.84. The molecule has 2 aliphatic rings. The summed E-state index contributed by atoms with van der Waals surface area (Å²) in [6, 6.07) is 4.22. The van der Waals surface area contributed by atoms with Gasteiger partial charge in [0.1, 0.15) is 5.75 Å². The monoisotopic (exact) mass is 242 g/mol. The van der Waals surface area contributed by atoms with Gasteiger partial charge in [0, 0.05) is 30.1 Å². The van der Waals surface area contributed by atoms with Gasteiger partial charge in [-0.25, -0.2) is 0 Å². The molecule has 94 valence electrons. The molecule has 2 heterocycles. The Hall–Kier alpha value is -1.77. The number of hydrogen-bond acceptors (Lipinski definition) is 3. The highest BCUT2D eigenvalue weighted by atomic mass is 16.3. The third-order valence-electron chi connectivity index (χ3n) is 3.86. The number of aryl methyl sites for hydroxylation is 1. The predicted octanol–water partition coefficient (Wildman–Crippen LogP) is 3.24. The molecule has 2 aliphatic heterocycles. The van der Waals surface area contributed by atoms with Gasteiger partial charge in [-0.3, -0.25) is 4.99 Å². The smallest absolute Gasteiger partial charge is 0.120 e. The Morgan fingerprint density at radius 2 is 2.28 bits per heavy atom.